The van der Waals surface area contributed by atoms with Crippen molar-refractivity contribution in [2.45, 2.75) is 18.4 Å². The molecule has 1 fully saturated rings. The average molecular weight is 482 g/mol. The lowest BCUT2D eigenvalue weighted by Gasteiger charge is -2.29. The standard InChI is InChI=1S/C30H24FO3P/c31-24-18-16-22(17-19-24)27(28(32)23-10-4-1-5-11-23)29(30(33)20-21-30)35(34,25-12-6-2-7-13-25)26-14-8-3-9-15-26/h1-19,33H,20-21H2/b29-27-. The van der Waals surface area contributed by atoms with Crippen molar-refractivity contribution in [2.75, 3.05) is 0 Å². The average Bonchev–Trinajstić information content (AvgIpc) is 3.66. The van der Waals surface area contributed by atoms with Gasteiger partial charge in [0.1, 0.15) is 5.82 Å². The van der Waals surface area contributed by atoms with Crippen molar-refractivity contribution in [1.29, 1.82) is 0 Å². The van der Waals surface area contributed by atoms with Crippen LogP contribution >= 0.6 is 7.14 Å². The summed E-state index contributed by atoms with van der Waals surface area (Å²) in [5.41, 5.74) is -0.425. The second-order valence-corrected chi connectivity index (χ2v) is 11.4. The molecule has 0 spiro atoms. The Morgan fingerprint density at radius 1 is 0.686 bits per heavy atom. The van der Waals surface area contributed by atoms with E-state index in [4.69, 9.17) is 0 Å². The molecule has 1 aliphatic rings. The van der Waals surface area contributed by atoms with Crippen LogP contribution in [0.1, 0.15) is 28.8 Å². The van der Waals surface area contributed by atoms with Crippen molar-refractivity contribution in [3.8, 4) is 0 Å². The maximum Gasteiger partial charge on any atom is 0.194 e. The Morgan fingerprint density at radius 2 is 1.14 bits per heavy atom. The van der Waals surface area contributed by atoms with Crippen LogP contribution in [0.15, 0.2) is 121 Å². The van der Waals surface area contributed by atoms with Gasteiger partial charge in [0.2, 0.25) is 0 Å². The van der Waals surface area contributed by atoms with Crippen molar-refractivity contribution in [1.82, 2.24) is 0 Å². The summed E-state index contributed by atoms with van der Waals surface area (Å²) in [7, 11) is -3.69. The number of rotatable bonds is 7. The van der Waals surface area contributed by atoms with Crippen LogP contribution in [0.3, 0.4) is 0 Å². The molecular formula is C30H24FO3P. The summed E-state index contributed by atoms with van der Waals surface area (Å²) < 4.78 is 29.3. The van der Waals surface area contributed by atoms with E-state index in [1.165, 1.54) is 24.3 Å². The predicted molar refractivity (Wildman–Crippen MR) is 138 cm³/mol. The third kappa shape index (κ3) is 4.32. The number of ketones is 1. The molecule has 0 bridgehead atoms. The molecule has 5 rings (SSSR count). The number of benzene rings is 4. The van der Waals surface area contributed by atoms with Gasteiger partial charge in [-0.05, 0) is 30.5 Å². The van der Waals surface area contributed by atoms with E-state index in [0.717, 1.165) is 0 Å². The topological polar surface area (TPSA) is 54.4 Å². The summed E-state index contributed by atoms with van der Waals surface area (Å²) in [5.74, 6) is -0.805. The molecule has 5 heteroatoms. The molecule has 1 aliphatic carbocycles. The van der Waals surface area contributed by atoms with Crippen LogP contribution in [-0.4, -0.2) is 16.5 Å². The fraction of sp³-hybridized carbons (Fsp3) is 0.100. The monoisotopic (exact) mass is 482 g/mol. The van der Waals surface area contributed by atoms with Crippen molar-refractivity contribution < 1.29 is 18.9 Å². The number of carbonyl (C=O) groups is 1. The van der Waals surface area contributed by atoms with E-state index >= 15 is 4.57 Å². The Labute approximate surface area is 204 Å². The third-order valence-electron chi connectivity index (χ3n) is 6.35. The molecule has 4 aromatic rings. The predicted octanol–water partition coefficient (Wildman–Crippen LogP) is 5.96. The highest BCUT2D eigenvalue weighted by atomic mass is 31.2. The fourth-order valence-electron chi connectivity index (χ4n) is 4.45. The van der Waals surface area contributed by atoms with E-state index in [1.807, 2.05) is 18.2 Å². The van der Waals surface area contributed by atoms with Crippen LogP contribution in [0.25, 0.3) is 5.57 Å². The minimum absolute atomic E-state index is 0.159. The van der Waals surface area contributed by atoms with Gasteiger partial charge in [0.25, 0.3) is 0 Å². The second-order valence-electron chi connectivity index (χ2n) is 8.74. The first kappa shape index (κ1) is 23.2. The van der Waals surface area contributed by atoms with Gasteiger partial charge in [0.05, 0.1) is 5.60 Å². The number of allylic oxidation sites excluding steroid dienone is 1. The third-order valence-corrected chi connectivity index (χ3v) is 9.67. The van der Waals surface area contributed by atoms with Gasteiger partial charge in [-0.1, -0.05) is 103 Å². The van der Waals surface area contributed by atoms with E-state index in [0.29, 0.717) is 34.6 Å². The first-order valence-electron chi connectivity index (χ1n) is 11.5. The number of hydrogen-bond donors (Lipinski definition) is 1. The van der Waals surface area contributed by atoms with Crippen LogP contribution in [0.5, 0.6) is 0 Å². The highest BCUT2D eigenvalue weighted by Crippen LogP contribution is 2.64. The van der Waals surface area contributed by atoms with Gasteiger partial charge in [0, 0.05) is 27.1 Å². The van der Waals surface area contributed by atoms with Crippen LogP contribution in [0.4, 0.5) is 4.39 Å². The molecule has 0 heterocycles. The number of halogens is 1. The molecule has 0 aliphatic heterocycles. The van der Waals surface area contributed by atoms with E-state index in [-0.39, 0.29) is 16.7 Å². The largest absolute Gasteiger partial charge is 0.385 e. The molecule has 0 saturated heterocycles. The minimum Gasteiger partial charge on any atom is -0.385 e. The molecule has 0 aromatic heterocycles. The molecule has 0 unspecified atom stereocenters. The van der Waals surface area contributed by atoms with Gasteiger partial charge >= 0.3 is 0 Å². The van der Waals surface area contributed by atoms with Crippen LogP contribution in [-0.2, 0) is 4.57 Å². The Balaban J connectivity index is 1.91. The minimum atomic E-state index is -3.69. The molecule has 0 amide bonds. The van der Waals surface area contributed by atoms with Crippen molar-refractivity contribution in [3.63, 3.8) is 0 Å². The second kappa shape index (κ2) is 9.22. The van der Waals surface area contributed by atoms with Gasteiger partial charge in [-0.15, -0.1) is 0 Å². The Hall–Kier alpha value is -3.59. The number of carbonyl (C=O) groups excluding carboxylic acids is 1. The molecule has 4 aromatic carbocycles. The highest BCUT2D eigenvalue weighted by molar-refractivity contribution is 7.82. The molecule has 35 heavy (non-hydrogen) atoms. The lowest BCUT2D eigenvalue weighted by Crippen LogP contribution is -2.27. The van der Waals surface area contributed by atoms with Crippen LogP contribution in [0, 0.1) is 5.82 Å². The number of aliphatic hydroxyl groups is 1. The smallest absolute Gasteiger partial charge is 0.194 e. The number of hydrogen-bond acceptors (Lipinski definition) is 3. The van der Waals surface area contributed by atoms with Crippen LogP contribution in [0.2, 0.25) is 0 Å². The van der Waals surface area contributed by atoms with E-state index in [9.17, 15) is 14.3 Å². The zero-order valence-electron chi connectivity index (χ0n) is 19.0. The van der Waals surface area contributed by atoms with E-state index in [2.05, 4.69) is 0 Å². The Morgan fingerprint density at radius 3 is 1.60 bits per heavy atom. The molecular weight excluding hydrogens is 458 g/mol. The Bertz CT molecular complexity index is 1380. The summed E-state index contributed by atoms with van der Waals surface area (Å²) >= 11 is 0. The normalized spacial score (nSPS) is 15.3. The molecule has 0 atom stereocenters. The zero-order valence-corrected chi connectivity index (χ0v) is 19.9. The molecule has 1 saturated carbocycles. The van der Waals surface area contributed by atoms with Gasteiger partial charge in [0.15, 0.2) is 12.9 Å². The lowest BCUT2D eigenvalue weighted by atomic mass is 9.94. The summed E-state index contributed by atoms with van der Waals surface area (Å²) in [6, 6.07) is 32.3. The van der Waals surface area contributed by atoms with Gasteiger partial charge in [-0.2, -0.15) is 0 Å². The molecule has 174 valence electrons. The maximum atomic E-state index is 15.4. The quantitative estimate of drug-likeness (QED) is 0.201. The van der Waals surface area contributed by atoms with Gasteiger partial charge < -0.3 is 9.67 Å². The summed E-state index contributed by atoms with van der Waals surface area (Å²) in [4.78, 5) is 14.1. The van der Waals surface area contributed by atoms with Crippen molar-refractivity contribution in [3.05, 3.63) is 138 Å². The first-order valence-corrected chi connectivity index (χ1v) is 13.2. The van der Waals surface area contributed by atoms with E-state index < -0.39 is 18.6 Å². The zero-order chi connectivity index (χ0) is 24.5. The molecule has 0 radical (unpaired) electrons. The van der Waals surface area contributed by atoms with Crippen molar-refractivity contribution in [2.24, 2.45) is 0 Å². The summed E-state index contributed by atoms with van der Waals surface area (Å²) in [5, 5.41) is 12.9. The highest BCUT2D eigenvalue weighted by Gasteiger charge is 2.54. The lowest BCUT2D eigenvalue weighted by molar-refractivity contribution is 0.105. The Kier molecular flexibility index (Phi) is 6.10. The fourth-order valence-corrected chi connectivity index (χ4v) is 7.80. The first-order chi connectivity index (χ1) is 16.9. The van der Waals surface area contributed by atoms with E-state index in [1.54, 1.807) is 72.8 Å². The maximum absolute atomic E-state index is 15.4. The molecule has 3 nitrogen and oxygen atoms in total. The van der Waals surface area contributed by atoms with Crippen LogP contribution < -0.4 is 10.6 Å². The number of Topliss-reactive ketones (excluding diaryl/α,β-unsaturated/α-hetero) is 1. The van der Waals surface area contributed by atoms with Gasteiger partial charge in [-0.25, -0.2) is 4.39 Å². The summed E-state index contributed by atoms with van der Waals surface area (Å²) in [6.45, 7) is 0. The molecule has 1 N–H and O–H groups in total. The van der Waals surface area contributed by atoms with Gasteiger partial charge in [-0.3, -0.25) is 4.79 Å². The van der Waals surface area contributed by atoms with Crippen molar-refractivity contribution >= 4 is 29.1 Å². The summed E-state index contributed by atoms with van der Waals surface area (Å²) in [6.07, 6.45) is 0.775. The SMILES string of the molecule is O=C(/C(=C(/C1(O)CC1)P(=O)(c1ccccc1)c1ccccc1)c1ccc(F)cc1)c1ccccc1.